The van der Waals surface area contributed by atoms with Crippen molar-refractivity contribution in [3.05, 3.63) is 54.1 Å². The fraction of sp³-hybridized carbons (Fsp3) is 0.176. The summed E-state index contributed by atoms with van der Waals surface area (Å²) in [6.45, 7) is 1.94. The van der Waals surface area contributed by atoms with Gasteiger partial charge in [-0.15, -0.1) is 0 Å². The molecule has 0 saturated heterocycles. The summed E-state index contributed by atoms with van der Waals surface area (Å²) in [5, 5.41) is 8.76. The van der Waals surface area contributed by atoms with Crippen molar-refractivity contribution in [1.82, 2.24) is 0 Å². The lowest BCUT2D eigenvalue weighted by atomic mass is 10.2. The minimum absolute atomic E-state index is 0.204. The monoisotopic (exact) mass is 297 g/mol. The van der Waals surface area contributed by atoms with Crippen LogP contribution in [-0.4, -0.2) is 5.97 Å². The van der Waals surface area contributed by atoms with E-state index in [1.165, 1.54) is 0 Å². The van der Waals surface area contributed by atoms with Crippen molar-refractivity contribution < 1.29 is 9.53 Å². The third-order valence-corrected chi connectivity index (χ3v) is 3.74. The van der Waals surface area contributed by atoms with Gasteiger partial charge in [0.25, 0.3) is 0 Å². The van der Waals surface area contributed by atoms with Crippen molar-refractivity contribution in [1.29, 1.82) is 5.26 Å². The summed E-state index contributed by atoms with van der Waals surface area (Å²) < 4.78 is 5.21. The Bertz CT molecular complexity index is 642. The van der Waals surface area contributed by atoms with Crippen molar-refractivity contribution >= 4 is 17.7 Å². The summed E-state index contributed by atoms with van der Waals surface area (Å²) >= 11 is 1.59. The molecule has 0 aromatic heterocycles. The van der Waals surface area contributed by atoms with E-state index in [2.05, 4.69) is 6.07 Å². The van der Waals surface area contributed by atoms with Gasteiger partial charge in [0.05, 0.1) is 11.6 Å². The number of carbonyl (C=O) groups excluding carboxylic acids is 1. The SMILES string of the molecule is CCCC(=O)Oc1ccc(Sc2ccc(C#N)cc2)cc1. The highest BCUT2D eigenvalue weighted by molar-refractivity contribution is 7.99. The van der Waals surface area contributed by atoms with E-state index in [4.69, 9.17) is 10.00 Å². The van der Waals surface area contributed by atoms with Crippen LogP contribution in [0.1, 0.15) is 25.3 Å². The van der Waals surface area contributed by atoms with Gasteiger partial charge in [0.1, 0.15) is 5.75 Å². The maximum atomic E-state index is 11.4. The lowest BCUT2D eigenvalue weighted by Gasteiger charge is -2.05. The van der Waals surface area contributed by atoms with Crippen LogP contribution in [0.5, 0.6) is 5.75 Å². The van der Waals surface area contributed by atoms with Crippen LogP contribution in [0, 0.1) is 11.3 Å². The molecule has 2 aromatic carbocycles. The van der Waals surface area contributed by atoms with Crippen LogP contribution in [0.3, 0.4) is 0 Å². The van der Waals surface area contributed by atoms with Crippen LogP contribution in [0.15, 0.2) is 58.3 Å². The van der Waals surface area contributed by atoms with E-state index >= 15 is 0 Å². The third-order valence-electron chi connectivity index (χ3n) is 2.73. The lowest BCUT2D eigenvalue weighted by Crippen LogP contribution is -2.06. The topological polar surface area (TPSA) is 50.1 Å². The third kappa shape index (κ3) is 4.66. The zero-order valence-corrected chi connectivity index (χ0v) is 12.5. The van der Waals surface area contributed by atoms with Gasteiger partial charge in [0, 0.05) is 16.2 Å². The second kappa shape index (κ2) is 7.51. The molecule has 0 atom stereocenters. The largest absolute Gasteiger partial charge is 0.427 e. The van der Waals surface area contributed by atoms with Crippen molar-refractivity contribution in [2.75, 3.05) is 0 Å². The summed E-state index contributed by atoms with van der Waals surface area (Å²) in [5.41, 5.74) is 0.650. The molecule has 0 radical (unpaired) electrons. The molecule has 0 heterocycles. The van der Waals surface area contributed by atoms with Crippen LogP contribution >= 0.6 is 11.8 Å². The minimum atomic E-state index is -0.204. The molecule has 0 amide bonds. The Morgan fingerprint density at radius 2 is 1.67 bits per heavy atom. The maximum absolute atomic E-state index is 11.4. The van der Waals surface area contributed by atoms with E-state index in [1.807, 2.05) is 31.2 Å². The summed E-state index contributed by atoms with van der Waals surface area (Å²) in [4.78, 5) is 13.5. The molecule has 0 bridgehead atoms. The molecular formula is C17H15NO2S. The van der Waals surface area contributed by atoms with Gasteiger partial charge < -0.3 is 4.74 Å². The molecule has 0 saturated carbocycles. The molecule has 0 fully saturated rings. The van der Waals surface area contributed by atoms with E-state index in [-0.39, 0.29) is 5.97 Å². The Balaban J connectivity index is 1.98. The molecule has 3 nitrogen and oxygen atoms in total. The molecule has 106 valence electrons. The molecular weight excluding hydrogens is 282 g/mol. The van der Waals surface area contributed by atoms with Crippen LogP contribution in [-0.2, 0) is 4.79 Å². The highest BCUT2D eigenvalue weighted by atomic mass is 32.2. The Morgan fingerprint density at radius 3 is 2.19 bits per heavy atom. The minimum Gasteiger partial charge on any atom is -0.427 e. The first-order valence-electron chi connectivity index (χ1n) is 6.70. The number of rotatable bonds is 5. The molecule has 0 aliphatic heterocycles. The number of nitriles is 1. The van der Waals surface area contributed by atoms with Crippen molar-refractivity contribution in [2.24, 2.45) is 0 Å². The summed E-state index contributed by atoms with van der Waals surface area (Å²) in [6.07, 6.45) is 1.22. The van der Waals surface area contributed by atoms with Crippen LogP contribution in [0.4, 0.5) is 0 Å². The fourth-order valence-corrected chi connectivity index (χ4v) is 2.51. The van der Waals surface area contributed by atoms with Gasteiger partial charge in [-0.2, -0.15) is 5.26 Å². The number of ether oxygens (including phenoxy) is 1. The molecule has 0 spiro atoms. The zero-order chi connectivity index (χ0) is 15.1. The van der Waals surface area contributed by atoms with Crippen molar-refractivity contribution in [3.63, 3.8) is 0 Å². The van der Waals surface area contributed by atoms with Gasteiger partial charge in [0.2, 0.25) is 0 Å². The Kier molecular flexibility index (Phi) is 5.42. The number of esters is 1. The number of carbonyl (C=O) groups is 1. The van der Waals surface area contributed by atoms with Gasteiger partial charge in [-0.25, -0.2) is 0 Å². The van der Waals surface area contributed by atoms with Gasteiger partial charge in [-0.05, 0) is 55.0 Å². The first-order chi connectivity index (χ1) is 10.2. The van der Waals surface area contributed by atoms with E-state index in [0.29, 0.717) is 17.7 Å². The molecule has 0 N–H and O–H groups in total. The summed E-state index contributed by atoms with van der Waals surface area (Å²) in [6, 6.07) is 16.9. The van der Waals surface area contributed by atoms with E-state index in [9.17, 15) is 4.79 Å². The molecule has 0 aliphatic rings. The van der Waals surface area contributed by atoms with E-state index in [0.717, 1.165) is 16.2 Å². The van der Waals surface area contributed by atoms with Gasteiger partial charge >= 0.3 is 5.97 Å². The van der Waals surface area contributed by atoms with Crippen LogP contribution in [0.25, 0.3) is 0 Å². The smallest absolute Gasteiger partial charge is 0.311 e. The summed E-state index contributed by atoms with van der Waals surface area (Å²) in [5.74, 6) is 0.364. The van der Waals surface area contributed by atoms with Crippen LogP contribution < -0.4 is 4.74 Å². The lowest BCUT2D eigenvalue weighted by molar-refractivity contribution is -0.134. The standard InChI is InChI=1S/C17H15NO2S/c1-2-3-17(19)20-14-6-10-16(11-7-14)21-15-8-4-13(12-18)5-9-15/h4-11H,2-3H2,1H3. The average Bonchev–Trinajstić information content (AvgIpc) is 2.50. The second-order valence-corrected chi connectivity index (χ2v) is 5.58. The normalized spacial score (nSPS) is 9.90. The number of hydrogen-bond acceptors (Lipinski definition) is 4. The Labute approximate surface area is 128 Å². The zero-order valence-electron chi connectivity index (χ0n) is 11.7. The van der Waals surface area contributed by atoms with Gasteiger partial charge in [0.15, 0.2) is 0 Å². The fourth-order valence-electron chi connectivity index (χ4n) is 1.70. The highest BCUT2D eigenvalue weighted by Crippen LogP contribution is 2.29. The molecule has 0 unspecified atom stereocenters. The quantitative estimate of drug-likeness (QED) is 0.605. The molecule has 0 aliphatic carbocycles. The molecule has 4 heteroatoms. The van der Waals surface area contributed by atoms with Gasteiger partial charge in [-0.3, -0.25) is 4.79 Å². The average molecular weight is 297 g/mol. The summed E-state index contributed by atoms with van der Waals surface area (Å²) in [7, 11) is 0. The Morgan fingerprint density at radius 1 is 1.10 bits per heavy atom. The molecule has 21 heavy (non-hydrogen) atoms. The number of hydrogen-bond donors (Lipinski definition) is 0. The van der Waals surface area contributed by atoms with Crippen LogP contribution in [0.2, 0.25) is 0 Å². The van der Waals surface area contributed by atoms with Crippen molar-refractivity contribution in [3.8, 4) is 11.8 Å². The predicted octanol–water partition coefficient (Wildman–Crippen LogP) is 4.41. The number of nitrogens with zero attached hydrogens (tertiary/aromatic N) is 1. The highest BCUT2D eigenvalue weighted by Gasteiger charge is 2.04. The van der Waals surface area contributed by atoms with E-state index in [1.54, 1.807) is 36.0 Å². The Hall–Kier alpha value is -2.25. The van der Waals surface area contributed by atoms with E-state index < -0.39 is 0 Å². The predicted molar refractivity (Wildman–Crippen MR) is 82.3 cm³/mol. The van der Waals surface area contributed by atoms with Gasteiger partial charge in [-0.1, -0.05) is 18.7 Å². The first-order valence-corrected chi connectivity index (χ1v) is 7.51. The molecule has 2 aromatic rings. The molecule has 2 rings (SSSR count). The first kappa shape index (κ1) is 15.1. The number of benzene rings is 2. The maximum Gasteiger partial charge on any atom is 0.311 e. The second-order valence-electron chi connectivity index (χ2n) is 4.43. The van der Waals surface area contributed by atoms with Crippen molar-refractivity contribution in [2.45, 2.75) is 29.6 Å².